The average molecular weight is 288 g/mol. The lowest BCUT2D eigenvalue weighted by molar-refractivity contribution is 0.481. The minimum Gasteiger partial charge on any atom is -0.464 e. The van der Waals surface area contributed by atoms with Gasteiger partial charge < -0.3 is 14.6 Å². The number of nitrogens with zero attached hydrogens (tertiary/aromatic N) is 3. The van der Waals surface area contributed by atoms with E-state index in [9.17, 15) is 0 Å². The number of aryl methyl sites for hydroxylation is 2. The van der Waals surface area contributed by atoms with Crippen molar-refractivity contribution in [2.45, 2.75) is 40.2 Å². The molecule has 1 N–H and O–H groups in total. The highest BCUT2D eigenvalue weighted by molar-refractivity contribution is 5.49. The van der Waals surface area contributed by atoms with Crippen LogP contribution in [0.2, 0.25) is 0 Å². The van der Waals surface area contributed by atoms with Gasteiger partial charge in [0.2, 0.25) is 0 Å². The molecule has 5 heteroatoms. The summed E-state index contributed by atoms with van der Waals surface area (Å²) >= 11 is 0. The SMILES string of the molecule is CCCNc1cc(N(C)Cc2ccc(C)o2)nc(CC)n1. The summed E-state index contributed by atoms with van der Waals surface area (Å²) < 4.78 is 5.63. The summed E-state index contributed by atoms with van der Waals surface area (Å²) in [6.45, 7) is 7.78. The molecule has 0 fully saturated rings. The van der Waals surface area contributed by atoms with Gasteiger partial charge in [0, 0.05) is 26.1 Å². The van der Waals surface area contributed by atoms with Crippen molar-refractivity contribution in [2.24, 2.45) is 0 Å². The number of anilines is 2. The molecule has 2 heterocycles. The van der Waals surface area contributed by atoms with Crippen molar-refractivity contribution < 1.29 is 4.42 Å². The molecule has 2 aromatic heterocycles. The fourth-order valence-corrected chi connectivity index (χ4v) is 2.07. The van der Waals surface area contributed by atoms with Gasteiger partial charge in [-0.05, 0) is 25.5 Å². The van der Waals surface area contributed by atoms with Crippen molar-refractivity contribution in [1.29, 1.82) is 0 Å². The van der Waals surface area contributed by atoms with Crippen molar-refractivity contribution in [3.63, 3.8) is 0 Å². The molecule has 114 valence electrons. The molecule has 0 radical (unpaired) electrons. The lowest BCUT2D eigenvalue weighted by Crippen LogP contribution is -2.19. The highest BCUT2D eigenvalue weighted by Crippen LogP contribution is 2.18. The summed E-state index contributed by atoms with van der Waals surface area (Å²) in [7, 11) is 2.02. The topological polar surface area (TPSA) is 54.2 Å². The van der Waals surface area contributed by atoms with Gasteiger partial charge in [-0.3, -0.25) is 0 Å². The maximum atomic E-state index is 5.63. The molecule has 0 bridgehead atoms. The number of hydrogen-bond acceptors (Lipinski definition) is 5. The molecule has 0 aromatic carbocycles. The smallest absolute Gasteiger partial charge is 0.134 e. The summed E-state index contributed by atoms with van der Waals surface area (Å²) in [6, 6.07) is 5.98. The standard InChI is InChI=1S/C16H24N4O/c1-5-9-17-15-10-16(19-14(6-2)18-15)20(4)11-13-8-7-12(3)21-13/h7-8,10H,5-6,9,11H2,1-4H3,(H,17,18,19). The summed E-state index contributed by atoms with van der Waals surface area (Å²) in [6.07, 6.45) is 1.89. The molecule has 0 aliphatic heterocycles. The van der Waals surface area contributed by atoms with Crippen LogP contribution >= 0.6 is 0 Å². The molecule has 0 aliphatic carbocycles. The highest BCUT2D eigenvalue weighted by atomic mass is 16.3. The Morgan fingerprint density at radius 2 is 2.05 bits per heavy atom. The van der Waals surface area contributed by atoms with E-state index in [2.05, 4.69) is 34.0 Å². The zero-order valence-electron chi connectivity index (χ0n) is 13.3. The zero-order valence-corrected chi connectivity index (χ0v) is 13.3. The van der Waals surface area contributed by atoms with Gasteiger partial charge in [0.05, 0.1) is 6.54 Å². The molecule has 0 atom stereocenters. The van der Waals surface area contributed by atoms with Crippen molar-refractivity contribution in [1.82, 2.24) is 9.97 Å². The Morgan fingerprint density at radius 1 is 1.24 bits per heavy atom. The number of furan rings is 1. The molecule has 0 aliphatic rings. The van der Waals surface area contributed by atoms with Crippen molar-refractivity contribution in [3.8, 4) is 0 Å². The van der Waals surface area contributed by atoms with Gasteiger partial charge in [-0.1, -0.05) is 13.8 Å². The first-order chi connectivity index (χ1) is 10.1. The van der Waals surface area contributed by atoms with Gasteiger partial charge in [-0.2, -0.15) is 0 Å². The van der Waals surface area contributed by atoms with E-state index >= 15 is 0 Å². The van der Waals surface area contributed by atoms with Crippen LogP contribution in [0.15, 0.2) is 22.6 Å². The fourth-order valence-electron chi connectivity index (χ4n) is 2.07. The van der Waals surface area contributed by atoms with Crippen LogP contribution in [-0.4, -0.2) is 23.6 Å². The van der Waals surface area contributed by atoms with E-state index in [1.165, 1.54) is 0 Å². The first kappa shape index (κ1) is 15.4. The van der Waals surface area contributed by atoms with Gasteiger partial charge in [0.25, 0.3) is 0 Å². The first-order valence-corrected chi connectivity index (χ1v) is 7.50. The van der Waals surface area contributed by atoms with E-state index in [4.69, 9.17) is 4.42 Å². The third-order valence-corrected chi connectivity index (χ3v) is 3.21. The normalized spacial score (nSPS) is 10.7. The Kier molecular flexibility index (Phi) is 5.20. The van der Waals surface area contributed by atoms with Gasteiger partial charge in [-0.15, -0.1) is 0 Å². The number of nitrogens with one attached hydrogen (secondary N) is 1. The van der Waals surface area contributed by atoms with Crippen LogP contribution in [0.3, 0.4) is 0 Å². The number of rotatable bonds is 7. The Bertz CT molecular complexity index is 579. The maximum absolute atomic E-state index is 5.63. The third-order valence-electron chi connectivity index (χ3n) is 3.21. The predicted octanol–water partition coefficient (Wildman–Crippen LogP) is 3.40. The molecular formula is C16H24N4O. The second kappa shape index (κ2) is 7.11. The van der Waals surface area contributed by atoms with E-state index in [-0.39, 0.29) is 0 Å². The lowest BCUT2D eigenvalue weighted by Gasteiger charge is -2.18. The van der Waals surface area contributed by atoms with Crippen LogP contribution in [0, 0.1) is 6.92 Å². The van der Waals surface area contributed by atoms with Crippen LogP contribution < -0.4 is 10.2 Å². The average Bonchev–Trinajstić information content (AvgIpc) is 2.89. The zero-order chi connectivity index (χ0) is 15.2. The quantitative estimate of drug-likeness (QED) is 0.846. The minimum atomic E-state index is 0.696. The predicted molar refractivity (Wildman–Crippen MR) is 85.7 cm³/mol. The van der Waals surface area contributed by atoms with Gasteiger partial charge in [0.1, 0.15) is 29.0 Å². The van der Waals surface area contributed by atoms with Crippen molar-refractivity contribution in [2.75, 3.05) is 23.8 Å². The van der Waals surface area contributed by atoms with Crippen LogP contribution in [0.5, 0.6) is 0 Å². The van der Waals surface area contributed by atoms with Crippen molar-refractivity contribution >= 4 is 11.6 Å². The summed E-state index contributed by atoms with van der Waals surface area (Å²) in [4.78, 5) is 11.2. The summed E-state index contributed by atoms with van der Waals surface area (Å²) in [5.74, 6) is 4.53. The number of hydrogen-bond donors (Lipinski definition) is 1. The molecule has 0 saturated carbocycles. The second-order valence-corrected chi connectivity index (χ2v) is 5.18. The van der Waals surface area contributed by atoms with Crippen molar-refractivity contribution in [3.05, 3.63) is 35.5 Å². The summed E-state index contributed by atoms with van der Waals surface area (Å²) in [5.41, 5.74) is 0. The Hall–Kier alpha value is -2.04. The molecule has 0 amide bonds. The van der Waals surface area contributed by atoms with Crippen LogP contribution in [-0.2, 0) is 13.0 Å². The second-order valence-electron chi connectivity index (χ2n) is 5.18. The molecule has 2 rings (SSSR count). The van der Waals surface area contributed by atoms with E-state index in [1.807, 2.05) is 32.2 Å². The van der Waals surface area contributed by atoms with Gasteiger partial charge in [-0.25, -0.2) is 9.97 Å². The molecule has 21 heavy (non-hydrogen) atoms. The Morgan fingerprint density at radius 3 is 2.67 bits per heavy atom. The van der Waals surface area contributed by atoms with Crippen LogP contribution in [0.4, 0.5) is 11.6 Å². The largest absolute Gasteiger partial charge is 0.464 e. The molecule has 0 saturated heterocycles. The fraction of sp³-hybridized carbons (Fsp3) is 0.500. The van der Waals surface area contributed by atoms with E-state index in [0.29, 0.717) is 6.54 Å². The van der Waals surface area contributed by atoms with E-state index in [0.717, 1.165) is 48.4 Å². The Labute approximate surface area is 126 Å². The highest BCUT2D eigenvalue weighted by Gasteiger charge is 2.10. The molecular weight excluding hydrogens is 264 g/mol. The summed E-state index contributed by atoms with van der Waals surface area (Å²) in [5, 5.41) is 3.33. The molecule has 5 nitrogen and oxygen atoms in total. The molecule has 0 spiro atoms. The maximum Gasteiger partial charge on any atom is 0.134 e. The third kappa shape index (κ3) is 4.21. The van der Waals surface area contributed by atoms with Crippen LogP contribution in [0.1, 0.15) is 37.6 Å². The van der Waals surface area contributed by atoms with Gasteiger partial charge >= 0.3 is 0 Å². The van der Waals surface area contributed by atoms with E-state index < -0.39 is 0 Å². The van der Waals surface area contributed by atoms with Gasteiger partial charge in [0.15, 0.2) is 0 Å². The van der Waals surface area contributed by atoms with E-state index in [1.54, 1.807) is 0 Å². The molecule has 0 unspecified atom stereocenters. The first-order valence-electron chi connectivity index (χ1n) is 7.50. The Balaban J connectivity index is 2.16. The van der Waals surface area contributed by atoms with Crippen LogP contribution in [0.25, 0.3) is 0 Å². The minimum absolute atomic E-state index is 0.696. The molecule has 2 aromatic rings. The lowest BCUT2D eigenvalue weighted by atomic mass is 10.3. The monoisotopic (exact) mass is 288 g/mol. The number of aromatic nitrogens is 2.